The lowest BCUT2D eigenvalue weighted by Gasteiger charge is -1.91. The van der Waals surface area contributed by atoms with E-state index in [-0.39, 0.29) is 0 Å². The molecule has 0 spiro atoms. The van der Waals surface area contributed by atoms with Crippen molar-refractivity contribution in [1.29, 1.82) is 0 Å². The van der Waals surface area contributed by atoms with Crippen LogP contribution in [0.15, 0.2) is 10.0 Å². The molecule has 0 aliphatic carbocycles. The van der Waals surface area contributed by atoms with Crippen LogP contribution in [0.3, 0.4) is 0 Å². The number of hydrogen-bond acceptors (Lipinski definition) is 6. The van der Waals surface area contributed by atoms with Gasteiger partial charge < -0.3 is 9.63 Å². The molecule has 5 nitrogen and oxygen atoms in total. The zero-order chi connectivity index (χ0) is 10.1. The van der Waals surface area contributed by atoms with Crippen molar-refractivity contribution >= 4 is 11.3 Å². The Bertz CT molecular complexity index is 435. The molecular weight excluding hydrogens is 202 g/mol. The van der Waals surface area contributed by atoms with E-state index in [0.717, 1.165) is 10.6 Å². The average molecular weight is 211 g/mol. The molecule has 1 N–H and O–H groups in total. The topological polar surface area (TPSA) is 72.0 Å². The highest BCUT2D eigenvalue weighted by Gasteiger charge is 2.15. The van der Waals surface area contributed by atoms with Crippen LogP contribution in [0.5, 0.6) is 0 Å². The molecule has 0 aliphatic heterocycles. The van der Waals surface area contributed by atoms with Crippen molar-refractivity contribution in [2.45, 2.75) is 20.0 Å². The molecule has 14 heavy (non-hydrogen) atoms. The number of aryl methyl sites for hydroxylation is 1. The predicted molar refractivity (Wildman–Crippen MR) is 50.8 cm³/mol. The summed E-state index contributed by atoms with van der Waals surface area (Å²) < 4.78 is 5.00. The molecule has 0 bridgehead atoms. The van der Waals surface area contributed by atoms with Crippen molar-refractivity contribution in [1.82, 2.24) is 15.1 Å². The van der Waals surface area contributed by atoms with E-state index in [9.17, 15) is 5.11 Å². The first-order valence-corrected chi connectivity index (χ1v) is 4.98. The van der Waals surface area contributed by atoms with Crippen LogP contribution in [-0.4, -0.2) is 20.2 Å². The van der Waals surface area contributed by atoms with Gasteiger partial charge >= 0.3 is 0 Å². The Morgan fingerprint density at radius 3 is 2.86 bits per heavy atom. The van der Waals surface area contributed by atoms with Gasteiger partial charge in [-0.25, -0.2) is 4.98 Å². The third-order valence-electron chi connectivity index (χ3n) is 1.76. The lowest BCUT2D eigenvalue weighted by Crippen LogP contribution is -1.92. The molecule has 1 atom stereocenters. The summed E-state index contributed by atoms with van der Waals surface area (Å²) in [6.07, 6.45) is -0.708. The average Bonchev–Trinajstić information content (AvgIpc) is 2.71. The minimum absolute atomic E-state index is 0.299. The van der Waals surface area contributed by atoms with E-state index in [2.05, 4.69) is 15.1 Å². The smallest absolute Gasteiger partial charge is 0.270 e. The fourth-order valence-corrected chi connectivity index (χ4v) is 1.73. The molecule has 0 amide bonds. The molecule has 0 aliphatic rings. The molecular formula is C8H9N3O2S. The molecule has 74 valence electrons. The third kappa shape index (κ3) is 1.53. The Labute approximate surface area is 84.4 Å². The maximum absolute atomic E-state index is 9.21. The van der Waals surface area contributed by atoms with Gasteiger partial charge in [-0.05, 0) is 13.8 Å². The molecule has 0 aromatic carbocycles. The van der Waals surface area contributed by atoms with Gasteiger partial charge in [0.05, 0.1) is 11.2 Å². The highest BCUT2D eigenvalue weighted by atomic mass is 32.1. The van der Waals surface area contributed by atoms with Gasteiger partial charge in [-0.1, -0.05) is 5.16 Å². The van der Waals surface area contributed by atoms with Gasteiger partial charge in [0.25, 0.3) is 5.89 Å². The first-order chi connectivity index (χ1) is 6.68. The second kappa shape index (κ2) is 3.47. The summed E-state index contributed by atoms with van der Waals surface area (Å²) in [6.45, 7) is 3.46. The molecule has 1 unspecified atom stereocenters. The summed E-state index contributed by atoms with van der Waals surface area (Å²) in [4.78, 5) is 8.98. The van der Waals surface area contributed by atoms with Gasteiger partial charge in [-0.15, -0.1) is 11.3 Å². The number of nitrogens with zero attached hydrogens (tertiary/aromatic N) is 3. The summed E-state index contributed by atoms with van der Waals surface area (Å²) in [6, 6.07) is 0. The van der Waals surface area contributed by atoms with Crippen molar-refractivity contribution in [3.8, 4) is 10.8 Å². The van der Waals surface area contributed by atoms with Crippen molar-refractivity contribution in [3.63, 3.8) is 0 Å². The molecule has 0 saturated heterocycles. The SMILES string of the molecule is Cc1ncsc1-c1nc(C(C)O)no1. The van der Waals surface area contributed by atoms with Crippen LogP contribution in [0, 0.1) is 6.92 Å². The fourth-order valence-electron chi connectivity index (χ4n) is 1.00. The number of aliphatic hydroxyl groups excluding tert-OH is 1. The number of hydrogen-bond donors (Lipinski definition) is 1. The van der Waals surface area contributed by atoms with Gasteiger partial charge in [0.1, 0.15) is 11.0 Å². The molecule has 0 fully saturated rings. The highest BCUT2D eigenvalue weighted by Crippen LogP contribution is 2.26. The second-order valence-corrected chi connectivity index (χ2v) is 3.76. The summed E-state index contributed by atoms with van der Waals surface area (Å²) in [5.41, 5.74) is 2.58. The van der Waals surface area contributed by atoms with Crippen LogP contribution < -0.4 is 0 Å². The Morgan fingerprint density at radius 2 is 2.36 bits per heavy atom. The zero-order valence-corrected chi connectivity index (χ0v) is 8.58. The van der Waals surface area contributed by atoms with E-state index in [1.54, 1.807) is 12.4 Å². The lowest BCUT2D eigenvalue weighted by atomic mass is 10.4. The van der Waals surface area contributed by atoms with E-state index in [0.29, 0.717) is 11.7 Å². The zero-order valence-electron chi connectivity index (χ0n) is 7.76. The largest absolute Gasteiger partial charge is 0.385 e. The standard InChI is InChI=1S/C8H9N3O2S/c1-4-6(14-3-9-4)8-10-7(5(2)12)11-13-8/h3,5,12H,1-2H3. The van der Waals surface area contributed by atoms with Crippen LogP contribution in [0.1, 0.15) is 24.5 Å². The maximum Gasteiger partial charge on any atom is 0.270 e. The van der Waals surface area contributed by atoms with Crippen molar-refractivity contribution in [2.75, 3.05) is 0 Å². The summed E-state index contributed by atoms with van der Waals surface area (Å²) in [5.74, 6) is 0.716. The van der Waals surface area contributed by atoms with Crippen LogP contribution in [0.2, 0.25) is 0 Å². The number of thiazole rings is 1. The highest BCUT2D eigenvalue weighted by molar-refractivity contribution is 7.13. The van der Waals surface area contributed by atoms with Gasteiger partial charge in [0.15, 0.2) is 5.82 Å². The minimum atomic E-state index is -0.708. The maximum atomic E-state index is 9.21. The Balaban J connectivity index is 2.39. The second-order valence-electron chi connectivity index (χ2n) is 2.90. The van der Waals surface area contributed by atoms with Crippen LogP contribution in [0.4, 0.5) is 0 Å². The van der Waals surface area contributed by atoms with Crippen molar-refractivity contribution < 1.29 is 9.63 Å². The molecule has 6 heteroatoms. The van der Waals surface area contributed by atoms with Gasteiger partial charge in [-0.2, -0.15) is 4.98 Å². The normalized spacial score (nSPS) is 13.1. The number of aliphatic hydroxyl groups is 1. The fraction of sp³-hybridized carbons (Fsp3) is 0.375. The van der Waals surface area contributed by atoms with Crippen molar-refractivity contribution in [2.24, 2.45) is 0 Å². The van der Waals surface area contributed by atoms with Crippen LogP contribution in [0.25, 0.3) is 10.8 Å². The Hall–Kier alpha value is -1.27. The molecule has 2 rings (SSSR count). The van der Waals surface area contributed by atoms with Gasteiger partial charge in [-0.3, -0.25) is 0 Å². The van der Waals surface area contributed by atoms with Crippen molar-refractivity contribution in [3.05, 3.63) is 17.0 Å². The Morgan fingerprint density at radius 1 is 1.57 bits per heavy atom. The third-order valence-corrected chi connectivity index (χ3v) is 2.67. The number of aromatic nitrogens is 3. The molecule has 2 aromatic heterocycles. The lowest BCUT2D eigenvalue weighted by molar-refractivity contribution is 0.184. The van der Waals surface area contributed by atoms with E-state index < -0.39 is 6.10 Å². The summed E-state index contributed by atoms with van der Waals surface area (Å²) in [7, 11) is 0. The predicted octanol–water partition coefficient (Wildman–Crippen LogP) is 1.55. The van der Waals surface area contributed by atoms with E-state index >= 15 is 0 Å². The molecule has 2 aromatic rings. The quantitative estimate of drug-likeness (QED) is 0.816. The molecule has 0 radical (unpaired) electrons. The summed E-state index contributed by atoms with van der Waals surface area (Å²) >= 11 is 1.44. The molecule has 2 heterocycles. The van der Waals surface area contributed by atoms with Crippen LogP contribution >= 0.6 is 11.3 Å². The summed E-state index contributed by atoms with van der Waals surface area (Å²) in [5, 5.41) is 12.9. The first kappa shape index (κ1) is 9.29. The van der Waals surface area contributed by atoms with Crippen LogP contribution in [-0.2, 0) is 0 Å². The number of rotatable bonds is 2. The molecule has 0 saturated carbocycles. The van der Waals surface area contributed by atoms with Gasteiger partial charge in [0, 0.05) is 0 Å². The van der Waals surface area contributed by atoms with E-state index in [4.69, 9.17) is 4.52 Å². The monoisotopic (exact) mass is 211 g/mol. The minimum Gasteiger partial charge on any atom is -0.385 e. The Kier molecular flexibility index (Phi) is 2.30. The van der Waals surface area contributed by atoms with E-state index in [1.807, 2.05) is 6.92 Å². The van der Waals surface area contributed by atoms with Gasteiger partial charge in [0.2, 0.25) is 0 Å². The first-order valence-electron chi connectivity index (χ1n) is 4.10. The van der Waals surface area contributed by atoms with E-state index in [1.165, 1.54) is 11.3 Å².